The maximum Gasteiger partial charge on any atom is 0.269 e. The van der Waals surface area contributed by atoms with E-state index in [0.29, 0.717) is 18.5 Å². The molecule has 22 heavy (non-hydrogen) atoms. The van der Waals surface area contributed by atoms with Gasteiger partial charge in [-0.25, -0.2) is 5.01 Å². The Hall–Kier alpha value is -2.66. The number of hydrogen-bond acceptors (Lipinski definition) is 3. The van der Waals surface area contributed by atoms with Crippen LogP contribution in [0.15, 0.2) is 60.7 Å². The first kappa shape index (κ1) is 14.3. The summed E-state index contributed by atoms with van der Waals surface area (Å²) in [6, 6.07) is 18.5. The quantitative estimate of drug-likeness (QED) is 0.908. The van der Waals surface area contributed by atoms with Crippen LogP contribution in [0.25, 0.3) is 0 Å². The number of benzene rings is 2. The third kappa shape index (κ3) is 2.99. The van der Waals surface area contributed by atoms with E-state index in [0.717, 1.165) is 5.56 Å². The monoisotopic (exact) mass is 295 g/mol. The number of amides is 2. The second kappa shape index (κ2) is 6.41. The number of hydrogen-bond donors (Lipinski definition) is 2. The third-order valence-electron chi connectivity index (χ3n) is 3.58. The topological polar surface area (TPSA) is 61.4 Å². The van der Waals surface area contributed by atoms with Crippen molar-refractivity contribution in [2.75, 3.05) is 6.54 Å². The van der Waals surface area contributed by atoms with Crippen LogP contribution in [0.4, 0.5) is 0 Å². The number of carbonyl (C=O) groups is 2. The molecule has 0 radical (unpaired) electrons. The molecule has 5 nitrogen and oxygen atoms in total. The highest BCUT2D eigenvalue weighted by atomic mass is 16.2. The van der Waals surface area contributed by atoms with Crippen molar-refractivity contribution in [3.8, 4) is 0 Å². The van der Waals surface area contributed by atoms with Gasteiger partial charge < -0.3 is 0 Å². The lowest BCUT2D eigenvalue weighted by molar-refractivity contribution is -0.140. The molecular weight excluding hydrogens is 278 g/mol. The van der Waals surface area contributed by atoms with Crippen LogP contribution < -0.4 is 10.7 Å². The first-order valence-corrected chi connectivity index (χ1v) is 7.22. The van der Waals surface area contributed by atoms with Gasteiger partial charge >= 0.3 is 0 Å². The van der Waals surface area contributed by atoms with E-state index in [9.17, 15) is 9.59 Å². The molecule has 1 aliphatic rings. The summed E-state index contributed by atoms with van der Waals surface area (Å²) in [7, 11) is 0. The zero-order valence-electron chi connectivity index (χ0n) is 12.0. The molecule has 3 rings (SSSR count). The van der Waals surface area contributed by atoms with Gasteiger partial charge in [-0.2, -0.15) is 0 Å². The average Bonchev–Trinajstić information content (AvgIpc) is 2.58. The maximum atomic E-state index is 12.3. The van der Waals surface area contributed by atoms with Gasteiger partial charge in [0.15, 0.2) is 0 Å². The van der Waals surface area contributed by atoms with Crippen LogP contribution in [0.5, 0.6) is 0 Å². The molecule has 1 fully saturated rings. The van der Waals surface area contributed by atoms with Crippen molar-refractivity contribution in [1.29, 1.82) is 0 Å². The van der Waals surface area contributed by atoms with Crippen molar-refractivity contribution in [3.05, 3.63) is 71.8 Å². The fraction of sp³-hybridized carbons (Fsp3) is 0.176. The Morgan fingerprint density at radius 2 is 1.68 bits per heavy atom. The van der Waals surface area contributed by atoms with E-state index in [1.165, 1.54) is 5.01 Å². The lowest BCUT2D eigenvalue weighted by Crippen LogP contribution is -2.56. The van der Waals surface area contributed by atoms with Crippen molar-refractivity contribution in [1.82, 2.24) is 15.8 Å². The summed E-state index contributed by atoms with van der Waals surface area (Å²) in [5.41, 5.74) is 4.17. The number of nitrogens with one attached hydrogen (secondary N) is 2. The van der Waals surface area contributed by atoms with E-state index in [4.69, 9.17) is 0 Å². The zero-order chi connectivity index (χ0) is 15.4. The molecule has 0 aliphatic carbocycles. The molecule has 5 heteroatoms. The highest BCUT2D eigenvalue weighted by Crippen LogP contribution is 2.20. The SMILES string of the molecule is O=C(NN1C(=O)CCNC1c1ccccc1)c1ccccc1. The highest BCUT2D eigenvalue weighted by Gasteiger charge is 2.30. The molecule has 2 aromatic rings. The normalized spacial score (nSPS) is 18.1. The molecular formula is C17H17N3O2. The molecule has 0 spiro atoms. The molecule has 2 amide bonds. The van der Waals surface area contributed by atoms with Crippen molar-refractivity contribution < 1.29 is 9.59 Å². The molecule has 1 heterocycles. The molecule has 0 bridgehead atoms. The minimum Gasteiger partial charge on any atom is -0.291 e. The van der Waals surface area contributed by atoms with Crippen molar-refractivity contribution in [3.63, 3.8) is 0 Å². The van der Waals surface area contributed by atoms with Crippen LogP contribution in [0, 0.1) is 0 Å². The Labute approximate surface area is 128 Å². The predicted octanol–water partition coefficient (Wildman–Crippen LogP) is 1.85. The minimum atomic E-state index is -0.352. The number of carbonyl (C=O) groups excluding carboxylic acids is 2. The Morgan fingerprint density at radius 1 is 1.05 bits per heavy atom. The summed E-state index contributed by atoms with van der Waals surface area (Å²) in [5, 5.41) is 4.65. The lowest BCUT2D eigenvalue weighted by Gasteiger charge is -2.36. The van der Waals surface area contributed by atoms with Crippen LogP contribution in [0.1, 0.15) is 28.5 Å². The predicted molar refractivity (Wildman–Crippen MR) is 82.6 cm³/mol. The molecule has 1 unspecified atom stereocenters. The molecule has 1 saturated heterocycles. The van der Waals surface area contributed by atoms with E-state index in [1.54, 1.807) is 24.3 Å². The van der Waals surface area contributed by atoms with Crippen LogP contribution in [-0.2, 0) is 4.79 Å². The molecule has 2 N–H and O–H groups in total. The van der Waals surface area contributed by atoms with Gasteiger partial charge in [-0.1, -0.05) is 48.5 Å². The first-order valence-electron chi connectivity index (χ1n) is 7.22. The Kier molecular flexibility index (Phi) is 4.16. The van der Waals surface area contributed by atoms with Gasteiger partial charge in [-0.3, -0.25) is 20.3 Å². The number of rotatable bonds is 3. The highest BCUT2D eigenvalue weighted by molar-refractivity contribution is 5.95. The maximum absolute atomic E-state index is 12.3. The van der Waals surface area contributed by atoms with Gasteiger partial charge in [0.1, 0.15) is 6.17 Å². The summed E-state index contributed by atoms with van der Waals surface area (Å²) < 4.78 is 0. The number of hydrazine groups is 1. The first-order chi connectivity index (χ1) is 10.8. The fourth-order valence-corrected chi connectivity index (χ4v) is 2.46. The largest absolute Gasteiger partial charge is 0.291 e. The Morgan fingerprint density at radius 3 is 2.36 bits per heavy atom. The van der Waals surface area contributed by atoms with Crippen molar-refractivity contribution in [2.45, 2.75) is 12.6 Å². The van der Waals surface area contributed by atoms with E-state index in [-0.39, 0.29) is 18.0 Å². The zero-order valence-corrected chi connectivity index (χ0v) is 12.0. The van der Waals surface area contributed by atoms with Crippen LogP contribution >= 0.6 is 0 Å². The summed E-state index contributed by atoms with van der Waals surface area (Å²) in [4.78, 5) is 24.5. The van der Waals surface area contributed by atoms with Crippen molar-refractivity contribution in [2.24, 2.45) is 0 Å². The fourth-order valence-electron chi connectivity index (χ4n) is 2.46. The van der Waals surface area contributed by atoms with Crippen LogP contribution in [0.3, 0.4) is 0 Å². The number of nitrogens with zero attached hydrogens (tertiary/aromatic N) is 1. The Balaban J connectivity index is 1.82. The van der Waals surface area contributed by atoms with Crippen LogP contribution in [0.2, 0.25) is 0 Å². The summed E-state index contributed by atoms with van der Waals surface area (Å²) in [5.74, 6) is -0.393. The van der Waals surface area contributed by atoms with Crippen molar-refractivity contribution >= 4 is 11.8 Å². The van der Waals surface area contributed by atoms with E-state index >= 15 is 0 Å². The van der Waals surface area contributed by atoms with Gasteiger partial charge in [0, 0.05) is 18.5 Å². The Bertz CT molecular complexity index is 658. The third-order valence-corrected chi connectivity index (χ3v) is 3.58. The van der Waals surface area contributed by atoms with E-state index in [2.05, 4.69) is 10.7 Å². The molecule has 0 aromatic heterocycles. The standard InChI is InChI=1S/C17H17N3O2/c21-15-11-12-18-16(13-7-3-1-4-8-13)20(15)19-17(22)14-9-5-2-6-10-14/h1-10,16,18H,11-12H2,(H,19,22). The second-order valence-corrected chi connectivity index (χ2v) is 5.09. The average molecular weight is 295 g/mol. The van der Waals surface area contributed by atoms with Gasteiger partial charge in [0.25, 0.3) is 5.91 Å². The van der Waals surface area contributed by atoms with E-state index in [1.807, 2.05) is 36.4 Å². The van der Waals surface area contributed by atoms with Gasteiger partial charge in [-0.05, 0) is 17.7 Å². The van der Waals surface area contributed by atoms with E-state index < -0.39 is 0 Å². The van der Waals surface area contributed by atoms with Crippen LogP contribution in [-0.4, -0.2) is 23.4 Å². The second-order valence-electron chi connectivity index (χ2n) is 5.09. The smallest absolute Gasteiger partial charge is 0.269 e. The molecule has 1 aliphatic heterocycles. The molecule has 2 aromatic carbocycles. The molecule has 112 valence electrons. The molecule has 0 saturated carbocycles. The summed E-state index contributed by atoms with van der Waals surface area (Å²) in [6.45, 7) is 0.593. The van der Waals surface area contributed by atoms with Gasteiger partial charge in [0.2, 0.25) is 5.91 Å². The summed E-state index contributed by atoms with van der Waals surface area (Å²) in [6.07, 6.45) is 0.00778. The summed E-state index contributed by atoms with van der Waals surface area (Å²) >= 11 is 0. The van der Waals surface area contributed by atoms with Gasteiger partial charge in [-0.15, -0.1) is 0 Å². The van der Waals surface area contributed by atoms with Gasteiger partial charge in [0.05, 0.1) is 0 Å². The minimum absolute atomic E-state index is 0.100. The molecule has 1 atom stereocenters. The lowest BCUT2D eigenvalue weighted by atomic mass is 10.1.